The first-order valence-corrected chi connectivity index (χ1v) is 7.34. The zero-order chi connectivity index (χ0) is 14.7. The van der Waals surface area contributed by atoms with Crippen LogP contribution in [0.4, 0.5) is 11.5 Å². The predicted octanol–water partition coefficient (Wildman–Crippen LogP) is 4.12. The van der Waals surface area contributed by atoms with Gasteiger partial charge in [0.1, 0.15) is 11.0 Å². The summed E-state index contributed by atoms with van der Waals surface area (Å²) in [5.74, 6) is 0.521. The van der Waals surface area contributed by atoms with Crippen LogP contribution in [0.25, 0.3) is 0 Å². The standard InChI is InChI=1S/C13H14ClN3O2S/c1-9(2)16(8-11-4-3-5-20-11)13-7-10(17(18)19)6-12(14)15-13/h3-7,9H,8H2,1-2H3. The van der Waals surface area contributed by atoms with Gasteiger partial charge >= 0.3 is 0 Å². The maximum Gasteiger partial charge on any atom is 0.276 e. The van der Waals surface area contributed by atoms with Gasteiger partial charge in [-0.05, 0) is 25.3 Å². The number of thiophene rings is 1. The molecule has 106 valence electrons. The van der Waals surface area contributed by atoms with E-state index in [2.05, 4.69) is 4.98 Å². The largest absolute Gasteiger partial charge is 0.349 e. The van der Waals surface area contributed by atoms with Gasteiger partial charge in [0.25, 0.3) is 5.69 Å². The number of rotatable bonds is 5. The SMILES string of the molecule is CC(C)N(Cc1cccs1)c1cc([N+](=O)[O-])cc(Cl)n1. The highest BCUT2D eigenvalue weighted by molar-refractivity contribution is 7.09. The number of hydrogen-bond acceptors (Lipinski definition) is 5. The first-order valence-electron chi connectivity index (χ1n) is 6.08. The summed E-state index contributed by atoms with van der Waals surface area (Å²) in [6, 6.07) is 6.88. The third-order valence-corrected chi connectivity index (χ3v) is 3.85. The third-order valence-electron chi connectivity index (χ3n) is 2.80. The molecule has 7 heteroatoms. The fraction of sp³-hybridized carbons (Fsp3) is 0.308. The first-order chi connectivity index (χ1) is 9.47. The summed E-state index contributed by atoms with van der Waals surface area (Å²) in [7, 11) is 0. The molecule has 2 aromatic rings. The molecular formula is C13H14ClN3O2S. The van der Waals surface area contributed by atoms with Crippen LogP contribution in [0.2, 0.25) is 5.15 Å². The van der Waals surface area contributed by atoms with Crippen molar-refractivity contribution in [2.75, 3.05) is 4.90 Å². The van der Waals surface area contributed by atoms with Gasteiger partial charge in [-0.1, -0.05) is 17.7 Å². The Morgan fingerprint density at radius 3 is 2.80 bits per heavy atom. The molecule has 0 radical (unpaired) electrons. The van der Waals surface area contributed by atoms with E-state index in [0.717, 1.165) is 0 Å². The average molecular weight is 312 g/mol. The Kier molecular flexibility index (Phi) is 4.57. The van der Waals surface area contributed by atoms with Gasteiger partial charge in [-0.15, -0.1) is 11.3 Å². The lowest BCUT2D eigenvalue weighted by atomic mass is 10.2. The molecule has 0 unspecified atom stereocenters. The normalized spacial score (nSPS) is 10.8. The van der Waals surface area contributed by atoms with Crippen molar-refractivity contribution in [3.05, 3.63) is 49.8 Å². The van der Waals surface area contributed by atoms with Crippen molar-refractivity contribution in [1.29, 1.82) is 0 Å². The number of nitro groups is 1. The molecule has 2 aromatic heterocycles. The van der Waals surface area contributed by atoms with E-state index in [4.69, 9.17) is 11.6 Å². The van der Waals surface area contributed by atoms with E-state index in [9.17, 15) is 10.1 Å². The summed E-state index contributed by atoms with van der Waals surface area (Å²) in [6.45, 7) is 4.68. The van der Waals surface area contributed by atoms with Gasteiger partial charge in [-0.25, -0.2) is 4.98 Å². The lowest BCUT2D eigenvalue weighted by Gasteiger charge is -2.27. The van der Waals surface area contributed by atoms with E-state index in [1.165, 1.54) is 17.0 Å². The Bertz CT molecular complexity index is 602. The van der Waals surface area contributed by atoms with Gasteiger partial charge < -0.3 is 4.90 Å². The van der Waals surface area contributed by atoms with Crippen LogP contribution in [0.15, 0.2) is 29.6 Å². The molecule has 0 amide bonds. The highest BCUT2D eigenvalue weighted by atomic mass is 35.5. The van der Waals surface area contributed by atoms with Gasteiger partial charge in [0, 0.05) is 10.9 Å². The van der Waals surface area contributed by atoms with E-state index in [0.29, 0.717) is 12.4 Å². The molecule has 0 aliphatic heterocycles. The smallest absolute Gasteiger partial charge is 0.276 e. The molecule has 0 saturated carbocycles. The van der Waals surface area contributed by atoms with Crippen LogP contribution in [-0.2, 0) is 6.54 Å². The lowest BCUT2D eigenvalue weighted by Crippen LogP contribution is -2.30. The summed E-state index contributed by atoms with van der Waals surface area (Å²) in [4.78, 5) is 17.8. The van der Waals surface area contributed by atoms with Crippen LogP contribution >= 0.6 is 22.9 Å². The van der Waals surface area contributed by atoms with Crippen molar-refractivity contribution >= 4 is 34.4 Å². The highest BCUT2D eigenvalue weighted by Gasteiger charge is 2.18. The van der Waals surface area contributed by atoms with Crippen LogP contribution < -0.4 is 4.90 Å². The van der Waals surface area contributed by atoms with Crippen LogP contribution in [-0.4, -0.2) is 15.9 Å². The second-order valence-corrected chi connectivity index (χ2v) is 5.98. The van der Waals surface area contributed by atoms with Crippen molar-refractivity contribution in [2.24, 2.45) is 0 Å². The van der Waals surface area contributed by atoms with E-state index in [1.807, 2.05) is 36.3 Å². The van der Waals surface area contributed by atoms with E-state index < -0.39 is 4.92 Å². The van der Waals surface area contributed by atoms with E-state index >= 15 is 0 Å². The average Bonchev–Trinajstić information content (AvgIpc) is 2.87. The fourth-order valence-corrected chi connectivity index (χ4v) is 2.72. The molecule has 0 aliphatic rings. The van der Waals surface area contributed by atoms with Crippen LogP contribution in [0, 0.1) is 10.1 Å². The molecule has 2 heterocycles. The minimum atomic E-state index is -0.458. The molecule has 0 N–H and O–H groups in total. The summed E-state index contributed by atoms with van der Waals surface area (Å²) in [5.41, 5.74) is -0.0446. The highest BCUT2D eigenvalue weighted by Crippen LogP contribution is 2.26. The number of hydrogen-bond donors (Lipinski definition) is 0. The molecule has 0 bridgehead atoms. The van der Waals surface area contributed by atoms with Crippen LogP contribution in [0.5, 0.6) is 0 Å². The van der Waals surface area contributed by atoms with Crippen molar-refractivity contribution in [3.63, 3.8) is 0 Å². The number of nitrogens with zero attached hydrogens (tertiary/aromatic N) is 3. The number of aromatic nitrogens is 1. The molecule has 0 fully saturated rings. The second kappa shape index (κ2) is 6.19. The quantitative estimate of drug-likeness (QED) is 0.473. The summed E-state index contributed by atoms with van der Waals surface area (Å²) in [6.07, 6.45) is 0. The van der Waals surface area contributed by atoms with Gasteiger partial charge in [0.15, 0.2) is 0 Å². The third kappa shape index (κ3) is 3.46. The minimum Gasteiger partial charge on any atom is -0.349 e. The zero-order valence-corrected chi connectivity index (χ0v) is 12.7. The van der Waals surface area contributed by atoms with Gasteiger partial charge in [0.05, 0.1) is 23.6 Å². The Morgan fingerprint density at radius 1 is 1.50 bits per heavy atom. The number of anilines is 1. The Labute approximate surface area is 126 Å². The molecular weight excluding hydrogens is 298 g/mol. The number of halogens is 1. The van der Waals surface area contributed by atoms with Gasteiger partial charge in [-0.2, -0.15) is 0 Å². The monoisotopic (exact) mass is 311 g/mol. The first kappa shape index (κ1) is 14.7. The van der Waals surface area contributed by atoms with Crippen LogP contribution in [0.1, 0.15) is 18.7 Å². The molecule has 0 atom stereocenters. The fourth-order valence-electron chi connectivity index (χ4n) is 1.82. The number of pyridine rings is 1. The predicted molar refractivity (Wildman–Crippen MR) is 81.5 cm³/mol. The maximum atomic E-state index is 10.9. The summed E-state index contributed by atoms with van der Waals surface area (Å²) in [5, 5.41) is 13.0. The summed E-state index contributed by atoms with van der Waals surface area (Å²) >= 11 is 7.53. The molecule has 2 rings (SSSR count). The Morgan fingerprint density at radius 2 is 2.25 bits per heavy atom. The van der Waals surface area contributed by atoms with Crippen molar-refractivity contribution in [3.8, 4) is 0 Å². The van der Waals surface area contributed by atoms with E-state index in [-0.39, 0.29) is 16.9 Å². The van der Waals surface area contributed by atoms with Crippen molar-refractivity contribution < 1.29 is 4.92 Å². The summed E-state index contributed by atoms with van der Waals surface area (Å²) < 4.78 is 0. The van der Waals surface area contributed by atoms with Crippen LogP contribution in [0.3, 0.4) is 0 Å². The lowest BCUT2D eigenvalue weighted by molar-refractivity contribution is -0.384. The Hall–Kier alpha value is -1.66. The molecule has 5 nitrogen and oxygen atoms in total. The zero-order valence-electron chi connectivity index (χ0n) is 11.1. The molecule has 0 aromatic carbocycles. The van der Waals surface area contributed by atoms with E-state index in [1.54, 1.807) is 11.3 Å². The maximum absolute atomic E-state index is 10.9. The molecule has 0 spiro atoms. The second-order valence-electron chi connectivity index (χ2n) is 4.56. The topological polar surface area (TPSA) is 59.3 Å². The van der Waals surface area contributed by atoms with Gasteiger partial charge in [0.2, 0.25) is 0 Å². The minimum absolute atomic E-state index is 0.0446. The molecule has 0 saturated heterocycles. The Balaban J connectivity index is 2.36. The van der Waals surface area contributed by atoms with Crippen molar-refractivity contribution in [1.82, 2.24) is 4.98 Å². The van der Waals surface area contributed by atoms with Crippen molar-refractivity contribution in [2.45, 2.75) is 26.4 Å². The molecule has 0 aliphatic carbocycles. The van der Waals surface area contributed by atoms with Gasteiger partial charge in [-0.3, -0.25) is 10.1 Å². The molecule has 20 heavy (non-hydrogen) atoms.